The molecule has 0 N–H and O–H groups in total. The standard InChI is InChI=1S/C24H30N2O4/c1-6-16(7-2)24(27)26-22(20-14-19(29-4)12-13-23(20)30-5)15-21(25-26)17-8-10-18(28-3)11-9-17/h8-14,16,22H,6-7,15H2,1-5H3. The minimum atomic E-state index is -0.250. The maximum atomic E-state index is 13.3. The molecular formula is C24H30N2O4. The average molecular weight is 411 g/mol. The molecule has 1 aliphatic heterocycles. The molecule has 0 aromatic heterocycles. The van der Waals surface area contributed by atoms with Crippen molar-refractivity contribution in [3.8, 4) is 17.2 Å². The van der Waals surface area contributed by atoms with Gasteiger partial charge in [-0.3, -0.25) is 4.79 Å². The number of hydrogen-bond donors (Lipinski definition) is 0. The van der Waals surface area contributed by atoms with E-state index >= 15 is 0 Å². The van der Waals surface area contributed by atoms with Gasteiger partial charge in [-0.2, -0.15) is 5.10 Å². The molecule has 1 heterocycles. The van der Waals surface area contributed by atoms with Gasteiger partial charge in [0.25, 0.3) is 0 Å². The van der Waals surface area contributed by atoms with Gasteiger partial charge >= 0.3 is 0 Å². The molecule has 160 valence electrons. The lowest BCUT2D eigenvalue weighted by Gasteiger charge is -2.26. The summed E-state index contributed by atoms with van der Waals surface area (Å²) in [5.74, 6) is 2.20. The van der Waals surface area contributed by atoms with E-state index in [4.69, 9.17) is 19.3 Å². The van der Waals surface area contributed by atoms with E-state index in [1.807, 2.05) is 56.3 Å². The first kappa shape index (κ1) is 21.7. The van der Waals surface area contributed by atoms with Crippen LogP contribution in [0.15, 0.2) is 47.6 Å². The summed E-state index contributed by atoms with van der Waals surface area (Å²) in [7, 11) is 4.91. The molecule has 0 radical (unpaired) electrons. The first-order chi connectivity index (χ1) is 14.6. The minimum Gasteiger partial charge on any atom is -0.497 e. The molecule has 0 saturated carbocycles. The summed E-state index contributed by atoms with van der Waals surface area (Å²) < 4.78 is 16.3. The molecule has 2 aromatic carbocycles. The van der Waals surface area contributed by atoms with Gasteiger partial charge < -0.3 is 14.2 Å². The van der Waals surface area contributed by atoms with Crippen LogP contribution >= 0.6 is 0 Å². The second-order valence-corrected chi connectivity index (χ2v) is 7.30. The van der Waals surface area contributed by atoms with Gasteiger partial charge in [0.2, 0.25) is 5.91 Å². The zero-order chi connectivity index (χ0) is 21.7. The molecule has 30 heavy (non-hydrogen) atoms. The smallest absolute Gasteiger partial charge is 0.246 e. The minimum absolute atomic E-state index is 0.0402. The van der Waals surface area contributed by atoms with Crippen molar-refractivity contribution in [3.05, 3.63) is 53.6 Å². The molecule has 0 bridgehead atoms. The molecule has 6 nitrogen and oxygen atoms in total. The Morgan fingerprint density at radius 2 is 1.63 bits per heavy atom. The third-order valence-corrected chi connectivity index (χ3v) is 5.69. The highest BCUT2D eigenvalue weighted by molar-refractivity contribution is 6.03. The highest BCUT2D eigenvalue weighted by Crippen LogP contribution is 2.40. The molecule has 0 spiro atoms. The zero-order valence-corrected chi connectivity index (χ0v) is 18.3. The van der Waals surface area contributed by atoms with Crippen molar-refractivity contribution in [2.24, 2.45) is 11.0 Å². The Morgan fingerprint density at radius 3 is 2.20 bits per heavy atom. The summed E-state index contributed by atoms with van der Waals surface area (Å²) in [6.07, 6.45) is 2.16. The van der Waals surface area contributed by atoms with Crippen LogP contribution < -0.4 is 14.2 Å². The van der Waals surface area contributed by atoms with Gasteiger partial charge in [0.1, 0.15) is 17.2 Å². The van der Waals surface area contributed by atoms with Crippen molar-refractivity contribution in [1.29, 1.82) is 0 Å². The van der Waals surface area contributed by atoms with Crippen LogP contribution in [0.5, 0.6) is 17.2 Å². The Kier molecular flexibility index (Phi) is 6.98. The number of benzene rings is 2. The Balaban J connectivity index is 2.04. The summed E-state index contributed by atoms with van der Waals surface area (Å²) in [5.41, 5.74) is 2.73. The second kappa shape index (κ2) is 9.65. The Labute approximate surface area is 178 Å². The number of nitrogens with zero attached hydrogens (tertiary/aromatic N) is 2. The molecule has 0 aliphatic carbocycles. The maximum absolute atomic E-state index is 13.3. The van der Waals surface area contributed by atoms with E-state index in [0.29, 0.717) is 12.2 Å². The first-order valence-electron chi connectivity index (χ1n) is 10.3. The molecule has 6 heteroatoms. The fourth-order valence-corrected chi connectivity index (χ4v) is 3.84. The molecule has 3 rings (SSSR count). The van der Waals surface area contributed by atoms with Crippen LogP contribution in [0.1, 0.15) is 50.3 Å². The molecule has 0 fully saturated rings. The molecule has 1 unspecified atom stereocenters. The highest BCUT2D eigenvalue weighted by Gasteiger charge is 2.37. The van der Waals surface area contributed by atoms with E-state index in [2.05, 4.69) is 0 Å². The van der Waals surface area contributed by atoms with Crippen LogP contribution in [0, 0.1) is 5.92 Å². The quantitative estimate of drug-likeness (QED) is 0.626. The summed E-state index contributed by atoms with van der Waals surface area (Å²) in [5, 5.41) is 6.43. The fourth-order valence-electron chi connectivity index (χ4n) is 3.84. The van der Waals surface area contributed by atoms with E-state index in [1.54, 1.807) is 26.3 Å². The van der Waals surface area contributed by atoms with Crippen molar-refractivity contribution in [1.82, 2.24) is 5.01 Å². The zero-order valence-electron chi connectivity index (χ0n) is 18.3. The number of rotatable bonds is 8. The van der Waals surface area contributed by atoms with E-state index in [-0.39, 0.29) is 17.9 Å². The Hall–Kier alpha value is -3.02. The number of carbonyl (C=O) groups excluding carboxylic acids is 1. The van der Waals surface area contributed by atoms with E-state index in [1.165, 1.54) is 0 Å². The van der Waals surface area contributed by atoms with Crippen molar-refractivity contribution in [3.63, 3.8) is 0 Å². The topological polar surface area (TPSA) is 60.4 Å². The lowest BCUT2D eigenvalue weighted by molar-refractivity contribution is -0.137. The van der Waals surface area contributed by atoms with E-state index < -0.39 is 0 Å². The number of hydrogen-bond acceptors (Lipinski definition) is 5. The van der Waals surface area contributed by atoms with Crippen molar-refractivity contribution < 1.29 is 19.0 Å². The van der Waals surface area contributed by atoms with Crippen LogP contribution in [-0.4, -0.2) is 38.0 Å². The van der Waals surface area contributed by atoms with Gasteiger partial charge in [-0.25, -0.2) is 5.01 Å². The van der Waals surface area contributed by atoms with Crippen LogP contribution in [0.4, 0.5) is 0 Å². The number of ether oxygens (including phenoxy) is 3. The van der Waals surface area contributed by atoms with Gasteiger partial charge in [-0.05, 0) is 60.9 Å². The van der Waals surface area contributed by atoms with Crippen LogP contribution in [0.3, 0.4) is 0 Å². The fraction of sp³-hybridized carbons (Fsp3) is 0.417. The van der Waals surface area contributed by atoms with Crippen LogP contribution in [-0.2, 0) is 4.79 Å². The lowest BCUT2D eigenvalue weighted by Crippen LogP contribution is -2.32. The SMILES string of the molecule is CCC(CC)C(=O)N1N=C(c2ccc(OC)cc2)CC1c1cc(OC)ccc1OC. The lowest BCUT2D eigenvalue weighted by atomic mass is 9.95. The van der Waals surface area contributed by atoms with Crippen LogP contribution in [0.2, 0.25) is 0 Å². The first-order valence-corrected chi connectivity index (χ1v) is 10.3. The number of carbonyl (C=O) groups is 1. The number of hydrazone groups is 1. The van der Waals surface area contributed by atoms with Gasteiger partial charge in [0, 0.05) is 17.9 Å². The molecule has 1 amide bonds. The Bertz CT molecular complexity index is 904. The van der Waals surface area contributed by atoms with E-state index in [9.17, 15) is 4.79 Å². The maximum Gasteiger partial charge on any atom is 0.246 e. The summed E-state index contributed by atoms with van der Waals surface area (Å²) in [6.45, 7) is 4.08. The van der Waals surface area contributed by atoms with Crippen LogP contribution in [0.25, 0.3) is 0 Å². The molecule has 1 atom stereocenters. The Morgan fingerprint density at radius 1 is 1.00 bits per heavy atom. The van der Waals surface area contributed by atoms with Gasteiger partial charge in [-0.1, -0.05) is 13.8 Å². The van der Waals surface area contributed by atoms with Gasteiger partial charge in [0.15, 0.2) is 0 Å². The summed E-state index contributed by atoms with van der Waals surface area (Å²) in [4.78, 5) is 13.3. The molecule has 0 saturated heterocycles. The van der Waals surface area contributed by atoms with E-state index in [0.717, 1.165) is 41.2 Å². The predicted molar refractivity (Wildman–Crippen MR) is 117 cm³/mol. The predicted octanol–water partition coefficient (Wildman–Crippen LogP) is 4.83. The van der Waals surface area contributed by atoms with Crippen molar-refractivity contribution in [2.75, 3.05) is 21.3 Å². The summed E-state index contributed by atoms with van der Waals surface area (Å²) in [6, 6.07) is 13.2. The largest absolute Gasteiger partial charge is 0.497 e. The number of methoxy groups -OCH3 is 3. The second-order valence-electron chi connectivity index (χ2n) is 7.30. The van der Waals surface area contributed by atoms with Gasteiger partial charge in [-0.15, -0.1) is 0 Å². The molecule has 2 aromatic rings. The van der Waals surface area contributed by atoms with Crippen molar-refractivity contribution in [2.45, 2.75) is 39.2 Å². The normalized spacial score (nSPS) is 15.9. The average Bonchev–Trinajstić information content (AvgIpc) is 3.24. The number of amides is 1. The molecule has 1 aliphatic rings. The highest BCUT2D eigenvalue weighted by atomic mass is 16.5. The molecular weight excluding hydrogens is 380 g/mol. The van der Waals surface area contributed by atoms with Crippen molar-refractivity contribution >= 4 is 11.6 Å². The third-order valence-electron chi connectivity index (χ3n) is 5.69. The van der Waals surface area contributed by atoms with Gasteiger partial charge in [0.05, 0.1) is 33.1 Å². The monoisotopic (exact) mass is 410 g/mol. The third kappa shape index (κ3) is 4.27. The summed E-state index contributed by atoms with van der Waals surface area (Å²) >= 11 is 0.